The molecule has 0 saturated heterocycles. The SMILES string of the molecule is CC(=O)NCCOCCOCC(=O)CCCOCCOCC(=O)NCCCC[C@H](C)C(C)=O. The van der Waals surface area contributed by atoms with Crippen molar-refractivity contribution in [2.24, 2.45) is 5.92 Å². The number of nitrogens with one attached hydrogen (secondary N) is 2. The fourth-order valence-electron chi connectivity index (χ4n) is 2.59. The highest BCUT2D eigenvalue weighted by Crippen LogP contribution is 2.07. The Morgan fingerprint density at radius 3 is 2.00 bits per heavy atom. The zero-order chi connectivity index (χ0) is 24.7. The monoisotopic (exact) mass is 474 g/mol. The second-order valence-electron chi connectivity index (χ2n) is 7.81. The van der Waals surface area contributed by atoms with Gasteiger partial charge in [-0.2, -0.15) is 0 Å². The van der Waals surface area contributed by atoms with E-state index < -0.39 is 0 Å². The average molecular weight is 475 g/mol. The minimum atomic E-state index is -0.168. The van der Waals surface area contributed by atoms with Crippen molar-refractivity contribution >= 4 is 23.4 Å². The minimum absolute atomic E-state index is 0.000480. The molecular weight excluding hydrogens is 432 g/mol. The Labute approximate surface area is 197 Å². The molecule has 0 aromatic carbocycles. The molecule has 0 aromatic heterocycles. The van der Waals surface area contributed by atoms with Crippen LogP contribution in [0.25, 0.3) is 0 Å². The van der Waals surface area contributed by atoms with Gasteiger partial charge in [-0.05, 0) is 26.2 Å². The molecule has 0 rings (SSSR count). The van der Waals surface area contributed by atoms with Gasteiger partial charge < -0.3 is 29.6 Å². The lowest BCUT2D eigenvalue weighted by molar-refractivity contribution is -0.126. The van der Waals surface area contributed by atoms with Gasteiger partial charge in [0.2, 0.25) is 11.8 Å². The molecule has 0 spiro atoms. The molecule has 0 aromatic rings. The third kappa shape index (κ3) is 23.1. The lowest BCUT2D eigenvalue weighted by atomic mass is 10.0. The van der Waals surface area contributed by atoms with Gasteiger partial charge >= 0.3 is 0 Å². The molecule has 10 nitrogen and oxygen atoms in total. The standard InChI is InChI=1S/C23H42N2O8/c1-19(20(2)26)7-4-5-9-25-23(29)18-33-16-13-30-11-6-8-22(28)17-32-15-14-31-12-10-24-21(3)27/h19H,4-18H2,1-3H3,(H,24,27)(H,25,29)/t19-/m0/s1. The van der Waals surface area contributed by atoms with E-state index >= 15 is 0 Å². The van der Waals surface area contributed by atoms with E-state index in [-0.39, 0.29) is 42.5 Å². The fourth-order valence-corrected chi connectivity index (χ4v) is 2.59. The van der Waals surface area contributed by atoms with Crippen LogP contribution in [0.2, 0.25) is 0 Å². The second-order valence-corrected chi connectivity index (χ2v) is 7.81. The van der Waals surface area contributed by atoms with Crippen molar-refractivity contribution in [2.45, 2.75) is 52.9 Å². The quantitative estimate of drug-likeness (QED) is 0.210. The third-order valence-electron chi connectivity index (χ3n) is 4.68. The maximum atomic E-state index is 11.7. The maximum absolute atomic E-state index is 11.7. The zero-order valence-electron chi connectivity index (χ0n) is 20.4. The van der Waals surface area contributed by atoms with Gasteiger partial charge in [0, 0.05) is 39.0 Å². The van der Waals surface area contributed by atoms with Gasteiger partial charge in [-0.25, -0.2) is 0 Å². The Kier molecular flexibility index (Phi) is 20.7. The van der Waals surface area contributed by atoms with Crippen molar-refractivity contribution in [3.8, 4) is 0 Å². The second kappa shape index (κ2) is 21.9. The lowest BCUT2D eigenvalue weighted by Gasteiger charge is -2.09. The summed E-state index contributed by atoms with van der Waals surface area (Å²) in [7, 11) is 0. The molecule has 10 heteroatoms. The number of carbonyl (C=O) groups excluding carboxylic acids is 4. The van der Waals surface area contributed by atoms with Gasteiger partial charge in [0.05, 0.1) is 33.0 Å². The molecule has 0 aliphatic heterocycles. The summed E-state index contributed by atoms with van der Waals surface area (Å²) in [4.78, 5) is 45.2. The number of unbranched alkanes of at least 4 members (excludes halogenated alkanes) is 1. The van der Waals surface area contributed by atoms with Crippen LogP contribution in [-0.4, -0.2) is 89.3 Å². The number of amides is 2. The van der Waals surface area contributed by atoms with Crippen LogP contribution in [0.5, 0.6) is 0 Å². The Bertz CT molecular complexity index is 557. The first-order chi connectivity index (χ1) is 15.8. The number of ketones is 2. The summed E-state index contributed by atoms with van der Waals surface area (Å²) in [6, 6.07) is 0. The molecule has 2 amide bonds. The van der Waals surface area contributed by atoms with Gasteiger partial charge in [-0.15, -0.1) is 0 Å². The molecule has 0 aliphatic rings. The first-order valence-electron chi connectivity index (χ1n) is 11.7. The number of rotatable bonds is 23. The van der Waals surface area contributed by atoms with Crippen molar-refractivity contribution in [3.05, 3.63) is 0 Å². The van der Waals surface area contributed by atoms with E-state index in [2.05, 4.69) is 10.6 Å². The number of Topliss-reactive ketones (excluding diaryl/α,β-unsaturated/α-hetero) is 2. The summed E-state index contributed by atoms with van der Waals surface area (Å²) in [6.45, 7) is 8.23. The van der Waals surface area contributed by atoms with Crippen molar-refractivity contribution < 1.29 is 38.1 Å². The summed E-state index contributed by atoms with van der Waals surface area (Å²) >= 11 is 0. The molecule has 33 heavy (non-hydrogen) atoms. The van der Waals surface area contributed by atoms with Crippen LogP contribution < -0.4 is 10.6 Å². The number of carbonyl (C=O) groups is 4. The first-order valence-corrected chi connectivity index (χ1v) is 11.7. The molecule has 192 valence electrons. The first kappa shape index (κ1) is 31.1. The average Bonchev–Trinajstić information content (AvgIpc) is 2.76. The molecule has 0 bridgehead atoms. The lowest BCUT2D eigenvalue weighted by Crippen LogP contribution is -2.29. The van der Waals surface area contributed by atoms with E-state index in [1.165, 1.54) is 6.92 Å². The van der Waals surface area contributed by atoms with E-state index in [9.17, 15) is 19.2 Å². The van der Waals surface area contributed by atoms with Gasteiger partial charge in [-0.3, -0.25) is 19.2 Å². The molecule has 0 heterocycles. The summed E-state index contributed by atoms with van der Waals surface area (Å²) in [5, 5.41) is 5.40. The van der Waals surface area contributed by atoms with Crippen LogP contribution in [0.4, 0.5) is 0 Å². The third-order valence-corrected chi connectivity index (χ3v) is 4.68. The summed E-state index contributed by atoms with van der Waals surface area (Å²) in [5.74, 6) is 0.0117. The summed E-state index contributed by atoms with van der Waals surface area (Å²) in [6.07, 6.45) is 3.55. The highest BCUT2D eigenvalue weighted by atomic mass is 16.5. The number of ether oxygens (including phenoxy) is 4. The van der Waals surface area contributed by atoms with Crippen LogP contribution in [0.3, 0.4) is 0 Å². The minimum Gasteiger partial charge on any atom is -0.379 e. The van der Waals surface area contributed by atoms with Crippen LogP contribution in [0.15, 0.2) is 0 Å². The molecule has 1 atom stereocenters. The molecule has 0 radical (unpaired) electrons. The number of hydrogen-bond acceptors (Lipinski definition) is 8. The largest absolute Gasteiger partial charge is 0.379 e. The van der Waals surface area contributed by atoms with Crippen molar-refractivity contribution in [1.29, 1.82) is 0 Å². The van der Waals surface area contributed by atoms with Crippen LogP contribution in [0, 0.1) is 5.92 Å². The molecule has 0 saturated carbocycles. The molecule has 0 unspecified atom stereocenters. The summed E-state index contributed by atoms with van der Waals surface area (Å²) < 4.78 is 21.1. The van der Waals surface area contributed by atoms with Gasteiger partial charge in [-0.1, -0.05) is 13.3 Å². The highest BCUT2D eigenvalue weighted by Gasteiger charge is 2.07. The number of hydrogen-bond donors (Lipinski definition) is 2. The van der Waals surface area contributed by atoms with E-state index in [4.69, 9.17) is 18.9 Å². The molecular formula is C23H42N2O8. The summed E-state index contributed by atoms with van der Waals surface area (Å²) in [5.41, 5.74) is 0. The van der Waals surface area contributed by atoms with Crippen molar-refractivity contribution in [3.63, 3.8) is 0 Å². The van der Waals surface area contributed by atoms with Gasteiger partial charge in [0.25, 0.3) is 0 Å². The van der Waals surface area contributed by atoms with Crippen LogP contribution in [0.1, 0.15) is 52.9 Å². The van der Waals surface area contributed by atoms with E-state index in [1.54, 1.807) is 6.92 Å². The van der Waals surface area contributed by atoms with Gasteiger partial charge in [0.15, 0.2) is 5.78 Å². The molecule has 0 fully saturated rings. The van der Waals surface area contributed by atoms with E-state index in [0.717, 1.165) is 19.3 Å². The maximum Gasteiger partial charge on any atom is 0.245 e. The molecule has 0 aliphatic carbocycles. The predicted molar refractivity (Wildman–Crippen MR) is 123 cm³/mol. The topological polar surface area (TPSA) is 129 Å². The van der Waals surface area contributed by atoms with Crippen molar-refractivity contribution in [2.75, 3.05) is 65.9 Å². The van der Waals surface area contributed by atoms with Crippen LogP contribution in [-0.2, 0) is 38.1 Å². The zero-order valence-corrected chi connectivity index (χ0v) is 20.4. The Morgan fingerprint density at radius 1 is 0.697 bits per heavy atom. The fraction of sp³-hybridized carbons (Fsp3) is 0.826. The highest BCUT2D eigenvalue weighted by molar-refractivity contribution is 5.79. The van der Waals surface area contributed by atoms with Gasteiger partial charge in [0.1, 0.15) is 19.0 Å². The Morgan fingerprint density at radius 2 is 1.33 bits per heavy atom. The van der Waals surface area contributed by atoms with E-state index in [0.29, 0.717) is 65.6 Å². The smallest absolute Gasteiger partial charge is 0.245 e. The predicted octanol–water partition coefficient (Wildman–Crippen LogP) is 1.05. The van der Waals surface area contributed by atoms with Crippen molar-refractivity contribution in [1.82, 2.24) is 10.6 Å². The van der Waals surface area contributed by atoms with Crippen LogP contribution >= 0.6 is 0 Å². The Hall–Kier alpha value is -1.88. The molecule has 2 N–H and O–H groups in total. The normalized spacial score (nSPS) is 11.7. The van der Waals surface area contributed by atoms with E-state index in [1.807, 2.05) is 6.92 Å². The Balaban J connectivity index is 3.34.